The van der Waals surface area contributed by atoms with Crippen LogP contribution in [0.1, 0.15) is 6.42 Å². The first-order valence-electron chi connectivity index (χ1n) is 4.69. The van der Waals surface area contributed by atoms with Crippen LogP contribution < -0.4 is 15.4 Å². The average molecular weight is 194 g/mol. The minimum atomic E-state index is -0.552. The van der Waals surface area contributed by atoms with Crippen molar-refractivity contribution in [1.29, 1.82) is 0 Å². The molecule has 0 fully saturated rings. The molecule has 1 heterocycles. The van der Waals surface area contributed by atoms with Crippen LogP contribution in [0.3, 0.4) is 0 Å². The summed E-state index contributed by atoms with van der Waals surface area (Å²) in [6, 6.07) is 7.67. The predicted octanol–water partition coefficient (Wildman–Crippen LogP) is 0.510. The van der Waals surface area contributed by atoms with E-state index in [1.165, 1.54) is 0 Å². The number of para-hydroxylation sites is 2. The summed E-state index contributed by atoms with van der Waals surface area (Å²) in [6.45, 7) is 0.875. The molecule has 1 aromatic rings. The minimum Gasteiger partial charge on any atom is -0.471 e. The number of rotatable bonds is 3. The Kier molecular flexibility index (Phi) is 2.56. The van der Waals surface area contributed by atoms with Crippen LogP contribution in [0.5, 0.6) is 5.75 Å². The highest BCUT2D eigenvalue weighted by Gasteiger charge is 2.24. The molecule has 1 aliphatic heterocycles. The Balaban J connectivity index is 2.17. The summed E-state index contributed by atoms with van der Waals surface area (Å²) in [6.07, 6.45) is 0.00109. The molecule has 14 heavy (non-hydrogen) atoms. The van der Waals surface area contributed by atoms with E-state index in [0.29, 0.717) is 19.7 Å². The number of aliphatic hydroxyl groups excluding tert-OH is 1. The standard InChI is InChI=1S/C10H14N2O2/c11-6-5-10(13)12-7-14-9-4-2-1-3-8(9)12/h1-4,10,13H,5-7,11H2. The first-order valence-corrected chi connectivity index (χ1v) is 4.69. The lowest BCUT2D eigenvalue weighted by atomic mass is 10.2. The molecule has 4 heteroatoms. The Hall–Kier alpha value is -1.26. The van der Waals surface area contributed by atoms with Crippen LogP contribution in [0.25, 0.3) is 0 Å². The zero-order chi connectivity index (χ0) is 9.97. The number of hydrogen-bond acceptors (Lipinski definition) is 4. The second-order valence-electron chi connectivity index (χ2n) is 3.27. The summed E-state index contributed by atoms with van der Waals surface area (Å²) in [7, 11) is 0. The fraction of sp³-hybridized carbons (Fsp3) is 0.400. The van der Waals surface area contributed by atoms with E-state index in [4.69, 9.17) is 10.5 Å². The van der Waals surface area contributed by atoms with Gasteiger partial charge in [0.2, 0.25) is 0 Å². The second kappa shape index (κ2) is 3.86. The van der Waals surface area contributed by atoms with Crippen LogP contribution >= 0.6 is 0 Å². The maximum atomic E-state index is 9.76. The van der Waals surface area contributed by atoms with Gasteiger partial charge in [0.05, 0.1) is 5.69 Å². The SMILES string of the molecule is NCCC(O)N1COc2ccccc21. The average Bonchev–Trinajstić information content (AvgIpc) is 2.61. The minimum absolute atomic E-state index is 0.403. The van der Waals surface area contributed by atoms with Gasteiger partial charge in [-0.15, -0.1) is 0 Å². The van der Waals surface area contributed by atoms with E-state index in [0.717, 1.165) is 11.4 Å². The van der Waals surface area contributed by atoms with E-state index in [9.17, 15) is 5.11 Å². The first kappa shape index (κ1) is 9.30. The highest BCUT2D eigenvalue weighted by atomic mass is 16.5. The Morgan fingerprint density at radius 3 is 3.07 bits per heavy atom. The van der Waals surface area contributed by atoms with Gasteiger partial charge in [0.1, 0.15) is 12.0 Å². The summed E-state index contributed by atoms with van der Waals surface area (Å²) >= 11 is 0. The van der Waals surface area contributed by atoms with Gasteiger partial charge in [-0.25, -0.2) is 0 Å². The molecule has 4 nitrogen and oxygen atoms in total. The molecule has 1 aromatic carbocycles. The van der Waals surface area contributed by atoms with E-state index in [1.54, 1.807) is 0 Å². The van der Waals surface area contributed by atoms with Crippen molar-refractivity contribution in [2.75, 3.05) is 18.2 Å². The van der Waals surface area contributed by atoms with Crippen molar-refractivity contribution < 1.29 is 9.84 Å². The van der Waals surface area contributed by atoms with Crippen molar-refractivity contribution in [3.05, 3.63) is 24.3 Å². The van der Waals surface area contributed by atoms with E-state index >= 15 is 0 Å². The van der Waals surface area contributed by atoms with Crippen LogP contribution in [-0.2, 0) is 0 Å². The van der Waals surface area contributed by atoms with E-state index in [1.807, 2.05) is 29.2 Å². The van der Waals surface area contributed by atoms with Crippen LogP contribution in [-0.4, -0.2) is 24.6 Å². The summed E-state index contributed by atoms with van der Waals surface area (Å²) in [5.74, 6) is 0.823. The zero-order valence-corrected chi connectivity index (χ0v) is 7.89. The van der Waals surface area contributed by atoms with Gasteiger partial charge in [0.15, 0.2) is 6.73 Å². The van der Waals surface area contributed by atoms with Crippen molar-refractivity contribution in [2.45, 2.75) is 12.6 Å². The second-order valence-corrected chi connectivity index (χ2v) is 3.27. The number of anilines is 1. The highest BCUT2D eigenvalue weighted by Crippen LogP contribution is 2.34. The molecular weight excluding hydrogens is 180 g/mol. The molecule has 0 aromatic heterocycles. The lowest BCUT2D eigenvalue weighted by Gasteiger charge is -2.22. The zero-order valence-electron chi connectivity index (χ0n) is 7.89. The fourth-order valence-corrected chi connectivity index (χ4v) is 1.58. The van der Waals surface area contributed by atoms with Gasteiger partial charge >= 0.3 is 0 Å². The highest BCUT2D eigenvalue weighted by molar-refractivity contribution is 5.61. The number of fused-ring (bicyclic) bond motifs is 1. The number of nitrogens with two attached hydrogens (primary N) is 1. The number of aliphatic hydroxyl groups is 1. The first-order chi connectivity index (χ1) is 6.83. The molecule has 0 saturated carbocycles. The quantitative estimate of drug-likeness (QED) is 0.736. The maximum Gasteiger partial charge on any atom is 0.163 e. The molecule has 76 valence electrons. The molecule has 3 N–H and O–H groups in total. The van der Waals surface area contributed by atoms with Crippen LogP contribution in [0.15, 0.2) is 24.3 Å². The fourth-order valence-electron chi connectivity index (χ4n) is 1.58. The Morgan fingerprint density at radius 2 is 2.29 bits per heavy atom. The van der Waals surface area contributed by atoms with Gasteiger partial charge < -0.3 is 20.5 Å². The Bertz CT molecular complexity index is 317. The largest absolute Gasteiger partial charge is 0.471 e. The third-order valence-corrected chi connectivity index (χ3v) is 2.32. The number of ether oxygens (including phenoxy) is 1. The number of hydrogen-bond donors (Lipinski definition) is 2. The van der Waals surface area contributed by atoms with Crippen molar-refractivity contribution in [3.63, 3.8) is 0 Å². The van der Waals surface area contributed by atoms with Gasteiger partial charge in [-0.2, -0.15) is 0 Å². The predicted molar refractivity (Wildman–Crippen MR) is 54.1 cm³/mol. The molecule has 0 radical (unpaired) electrons. The molecule has 0 spiro atoms. The molecule has 0 saturated heterocycles. The molecule has 1 atom stereocenters. The maximum absolute atomic E-state index is 9.76. The van der Waals surface area contributed by atoms with Crippen LogP contribution in [0, 0.1) is 0 Å². The van der Waals surface area contributed by atoms with Gasteiger partial charge in [0, 0.05) is 6.42 Å². The summed E-state index contributed by atoms with van der Waals surface area (Å²) in [4.78, 5) is 1.81. The lowest BCUT2D eigenvalue weighted by molar-refractivity contribution is 0.146. The van der Waals surface area contributed by atoms with E-state index < -0.39 is 6.23 Å². The smallest absolute Gasteiger partial charge is 0.163 e. The molecule has 2 rings (SSSR count). The van der Waals surface area contributed by atoms with E-state index in [-0.39, 0.29) is 0 Å². The Morgan fingerprint density at radius 1 is 1.50 bits per heavy atom. The van der Waals surface area contributed by atoms with Crippen molar-refractivity contribution >= 4 is 5.69 Å². The Labute approximate surface area is 82.9 Å². The number of benzene rings is 1. The molecule has 1 unspecified atom stereocenters. The van der Waals surface area contributed by atoms with Crippen molar-refractivity contribution in [2.24, 2.45) is 5.73 Å². The normalized spacial score (nSPS) is 16.3. The topological polar surface area (TPSA) is 58.7 Å². The molecule has 0 bridgehead atoms. The number of nitrogens with zero attached hydrogens (tertiary/aromatic N) is 1. The molecular formula is C10H14N2O2. The van der Waals surface area contributed by atoms with Gasteiger partial charge in [0.25, 0.3) is 0 Å². The van der Waals surface area contributed by atoms with Crippen molar-refractivity contribution in [1.82, 2.24) is 0 Å². The van der Waals surface area contributed by atoms with Gasteiger partial charge in [-0.05, 0) is 18.7 Å². The summed E-state index contributed by atoms with van der Waals surface area (Å²) in [5.41, 5.74) is 6.33. The molecule has 0 aliphatic carbocycles. The van der Waals surface area contributed by atoms with E-state index in [2.05, 4.69) is 0 Å². The van der Waals surface area contributed by atoms with Gasteiger partial charge in [-0.3, -0.25) is 0 Å². The lowest BCUT2D eigenvalue weighted by Crippen LogP contribution is -2.36. The molecule has 0 amide bonds. The molecule has 1 aliphatic rings. The van der Waals surface area contributed by atoms with Crippen molar-refractivity contribution in [3.8, 4) is 5.75 Å². The summed E-state index contributed by atoms with van der Waals surface area (Å²) in [5, 5.41) is 9.76. The van der Waals surface area contributed by atoms with Crippen LogP contribution in [0.4, 0.5) is 5.69 Å². The van der Waals surface area contributed by atoms with Crippen LogP contribution in [0.2, 0.25) is 0 Å². The summed E-state index contributed by atoms with van der Waals surface area (Å²) < 4.78 is 5.40. The monoisotopic (exact) mass is 194 g/mol. The van der Waals surface area contributed by atoms with Gasteiger partial charge in [-0.1, -0.05) is 12.1 Å². The third kappa shape index (κ3) is 1.54. The third-order valence-electron chi connectivity index (χ3n) is 2.32.